The SMILES string of the molecule is COc1ccc(N(C(=O)Cn2nnc(-c3ccc(F)cc3)n2)[C@H](C)C(=O)NCCC(C)C)cc1. The van der Waals surface area contributed by atoms with Gasteiger partial charge in [-0.15, -0.1) is 10.2 Å². The Hall–Kier alpha value is -3.82. The zero-order valence-corrected chi connectivity index (χ0v) is 19.7. The molecule has 1 N–H and O–H groups in total. The van der Waals surface area contributed by atoms with Gasteiger partial charge in [-0.2, -0.15) is 4.80 Å². The van der Waals surface area contributed by atoms with Gasteiger partial charge in [-0.05, 0) is 73.0 Å². The van der Waals surface area contributed by atoms with Gasteiger partial charge in [0, 0.05) is 17.8 Å². The fourth-order valence-corrected chi connectivity index (χ4v) is 3.30. The van der Waals surface area contributed by atoms with Crippen molar-refractivity contribution in [1.29, 1.82) is 0 Å². The number of tetrazole rings is 1. The third-order valence-electron chi connectivity index (χ3n) is 5.24. The van der Waals surface area contributed by atoms with Gasteiger partial charge in [-0.3, -0.25) is 14.5 Å². The van der Waals surface area contributed by atoms with Crippen molar-refractivity contribution in [2.24, 2.45) is 5.92 Å². The summed E-state index contributed by atoms with van der Waals surface area (Å²) in [5.74, 6) is 0.323. The first-order chi connectivity index (χ1) is 16.3. The van der Waals surface area contributed by atoms with Gasteiger partial charge < -0.3 is 10.1 Å². The van der Waals surface area contributed by atoms with E-state index in [1.165, 1.54) is 29.2 Å². The topological polar surface area (TPSA) is 102 Å². The van der Waals surface area contributed by atoms with E-state index >= 15 is 0 Å². The molecule has 34 heavy (non-hydrogen) atoms. The smallest absolute Gasteiger partial charge is 0.251 e. The maximum absolute atomic E-state index is 13.3. The predicted octanol–water partition coefficient (Wildman–Crippen LogP) is 3.07. The largest absolute Gasteiger partial charge is 0.497 e. The Kier molecular flexibility index (Phi) is 8.29. The molecule has 0 saturated carbocycles. The molecule has 1 atom stereocenters. The van der Waals surface area contributed by atoms with Gasteiger partial charge in [0.25, 0.3) is 5.91 Å². The van der Waals surface area contributed by atoms with Crippen molar-refractivity contribution >= 4 is 17.5 Å². The Balaban J connectivity index is 1.80. The quantitative estimate of drug-likeness (QED) is 0.491. The summed E-state index contributed by atoms with van der Waals surface area (Å²) in [7, 11) is 1.55. The zero-order valence-electron chi connectivity index (χ0n) is 19.7. The molecule has 0 aliphatic heterocycles. The third kappa shape index (κ3) is 6.37. The Labute approximate surface area is 197 Å². The number of nitrogens with one attached hydrogen (secondary N) is 1. The van der Waals surface area contributed by atoms with Gasteiger partial charge >= 0.3 is 0 Å². The highest BCUT2D eigenvalue weighted by Gasteiger charge is 2.28. The van der Waals surface area contributed by atoms with Gasteiger partial charge in [0.15, 0.2) is 0 Å². The number of hydrogen-bond acceptors (Lipinski definition) is 6. The molecule has 9 nitrogen and oxygen atoms in total. The van der Waals surface area contributed by atoms with Crippen LogP contribution in [0.1, 0.15) is 27.2 Å². The lowest BCUT2D eigenvalue weighted by atomic mass is 10.1. The number of rotatable bonds is 10. The lowest BCUT2D eigenvalue weighted by Gasteiger charge is -2.28. The lowest BCUT2D eigenvalue weighted by molar-refractivity contribution is -0.126. The molecule has 3 aromatic rings. The maximum Gasteiger partial charge on any atom is 0.251 e. The molecular weight excluding hydrogens is 439 g/mol. The van der Waals surface area contributed by atoms with Gasteiger partial charge in [0.2, 0.25) is 11.7 Å². The number of aromatic nitrogens is 4. The van der Waals surface area contributed by atoms with E-state index in [0.29, 0.717) is 29.5 Å². The summed E-state index contributed by atoms with van der Waals surface area (Å²) in [4.78, 5) is 28.7. The fourth-order valence-electron chi connectivity index (χ4n) is 3.30. The summed E-state index contributed by atoms with van der Waals surface area (Å²) < 4.78 is 18.4. The summed E-state index contributed by atoms with van der Waals surface area (Å²) in [6.45, 7) is 6.12. The van der Waals surface area contributed by atoms with Gasteiger partial charge in [-0.1, -0.05) is 13.8 Å². The first-order valence-corrected chi connectivity index (χ1v) is 11.1. The first kappa shape index (κ1) is 24.8. The van der Waals surface area contributed by atoms with Crippen molar-refractivity contribution in [3.05, 3.63) is 54.3 Å². The molecule has 2 amide bonds. The molecule has 1 aromatic heterocycles. The highest BCUT2D eigenvalue weighted by atomic mass is 19.1. The first-order valence-electron chi connectivity index (χ1n) is 11.1. The van der Waals surface area contributed by atoms with Gasteiger partial charge in [-0.25, -0.2) is 4.39 Å². The number of carbonyl (C=O) groups is 2. The fraction of sp³-hybridized carbons (Fsp3) is 0.375. The van der Waals surface area contributed by atoms with E-state index in [0.717, 1.165) is 11.2 Å². The van der Waals surface area contributed by atoms with E-state index in [2.05, 4.69) is 34.6 Å². The average molecular weight is 469 g/mol. The number of methoxy groups -OCH3 is 1. The minimum absolute atomic E-state index is 0.232. The standard InChI is InChI=1S/C24H29FN6O3/c1-16(2)13-14-26-24(33)17(3)31(20-9-11-21(34-4)12-10-20)22(32)15-30-28-23(27-29-30)18-5-7-19(25)8-6-18/h5-12,16-17H,13-15H2,1-4H3,(H,26,33)/t17-/m1/s1. The van der Waals surface area contributed by atoms with Crippen molar-refractivity contribution < 1.29 is 18.7 Å². The summed E-state index contributed by atoms with van der Waals surface area (Å²) in [6, 6.07) is 11.8. The van der Waals surface area contributed by atoms with Crippen LogP contribution in [0.25, 0.3) is 11.4 Å². The Morgan fingerprint density at radius 2 is 1.76 bits per heavy atom. The molecule has 0 aliphatic carbocycles. The van der Waals surface area contributed by atoms with Gasteiger partial charge in [0.1, 0.15) is 24.2 Å². The second-order valence-electron chi connectivity index (χ2n) is 8.26. The van der Waals surface area contributed by atoms with E-state index < -0.39 is 6.04 Å². The molecule has 2 aromatic carbocycles. The van der Waals surface area contributed by atoms with Crippen LogP contribution in [-0.2, 0) is 16.1 Å². The number of carbonyl (C=O) groups excluding carboxylic acids is 2. The van der Waals surface area contributed by atoms with Crippen LogP contribution in [0.2, 0.25) is 0 Å². The minimum Gasteiger partial charge on any atom is -0.497 e. The molecule has 10 heteroatoms. The van der Waals surface area contributed by atoms with Crippen LogP contribution in [0, 0.1) is 11.7 Å². The van der Waals surface area contributed by atoms with Crippen LogP contribution in [0.15, 0.2) is 48.5 Å². The van der Waals surface area contributed by atoms with Crippen LogP contribution in [-0.4, -0.2) is 51.7 Å². The molecule has 0 aliphatic rings. The van der Waals surface area contributed by atoms with Crippen LogP contribution in [0.5, 0.6) is 5.75 Å². The predicted molar refractivity (Wildman–Crippen MR) is 126 cm³/mol. The number of ether oxygens (including phenoxy) is 1. The summed E-state index contributed by atoms with van der Waals surface area (Å²) in [5.41, 5.74) is 1.11. The summed E-state index contributed by atoms with van der Waals surface area (Å²) in [6.07, 6.45) is 0.837. The number of amides is 2. The van der Waals surface area contributed by atoms with E-state index in [1.807, 2.05) is 0 Å². The third-order valence-corrected chi connectivity index (χ3v) is 5.24. The van der Waals surface area contributed by atoms with E-state index in [1.54, 1.807) is 38.3 Å². The molecule has 1 heterocycles. The van der Waals surface area contributed by atoms with Crippen molar-refractivity contribution in [2.45, 2.75) is 39.8 Å². The maximum atomic E-state index is 13.3. The minimum atomic E-state index is -0.770. The normalized spacial score (nSPS) is 11.8. The van der Waals surface area contributed by atoms with Crippen LogP contribution >= 0.6 is 0 Å². The molecule has 0 saturated heterocycles. The number of benzene rings is 2. The average Bonchev–Trinajstić information content (AvgIpc) is 3.28. The van der Waals surface area contributed by atoms with Crippen LogP contribution in [0.3, 0.4) is 0 Å². The highest BCUT2D eigenvalue weighted by molar-refractivity contribution is 6.00. The molecule has 180 valence electrons. The Bertz CT molecular complexity index is 1100. The summed E-state index contributed by atoms with van der Waals surface area (Å²) in [5, 5.41) is 15.0. The van der Waals surface area contributed by atoms with E-state index in [9.17, 15) is 14.0 Å². The number of hydrogen-bond donors (Lipinski definition) is 1. The zero-order chi connectivity index (χ0) is 24.7. The van der Waals surface area contributed by atoms with Crippen molar-refractivity contribution in [2.75, 3.05) is 18.6 Å². The molecule has 0 fully saturated rings. The highest BCUT2D eigenvalue weighted by Crippen LogP contribution is 2.22. The lowest BCUT2D eigenvalue weighted by Crippen LogP contribution is -2.49. The van der Waals surface area contributed by atoms with Crippen molar-refractivity contribution in [3.8, 4) is 17.1 Å². The number of nitrogens with zero attached hydrogens (tertiary/aromatic N) is 5. The second-order valence-corrected chi connectivity index (χ2v) is 8.26. The number of anilines is 1. The number of halogens is 1. The van der Waals surface area contributed by atoms with Gasteiger partial charge in [0.05, 0.1) is 7.11 Å². The van der Waals surface area contributed by atoms with E-state index in [4.69, 9.17) is 4.74 Å². The monoisotopic (exact) mass is 468 g/mol. The molecule has 0 unspecified atom stereocenters. The van der Waals surface area contributed by atoms with Crippen molar-refractivity contribution in [3.63, 3.8) is 0 Å². The van der Waals surface area contributed by atoms with Crippen molar-refractivity contribution in [1.82, 2.24) is 25.5 Å². The molecular formula is C24H29FN6O3. The van der Waals surface area contributed by atoms with Crippen LogP contribution in [0.4, 0.5) is 10.1 Å². The van der Waals surface area contributed by atoms with Crippen LogP contribution < -0.4 is 15.0 Å². The molecule has 3 rings (SSSR count). The second kappa shape index (κ2) is 11.4. The molecule has 0 bridgehead atoms. The summed E-state index contributed by atoms with van der Waals surface area (Å²) >= 11 is 0. The molecule has 0 spiro atoms. The molecule has 0 radical (unpaired) electrons. The van der Waals surface area contributed by atoms with E-state index in [-0.39, 0.29) is 30.0 Å². The Morgan fingerprint density at radius 3 is 2.38 bits per heavy atom. The Morgan fingerprint density at radius 1 is 1.09 bits per heavy atom.